The summed E-state index contributed by atoms with van der Waals surface area (Å²) in [4.78, 5) is 9.43. The van der Waals surface area contributed by atoms with Crippen LogP contribution < -0.4 is 10.6 Å². The molecule has 0 aliphatic rings. The fourth-order valence-corrected chi connectivity index (χ4v) is 3.88. The Morgan fingerprint density at radius 1 is 1.28 bits per heavy atom. The lowest BCUT2D eigenvalue weighted by atomic mass is 10.1. The number of anilines is 2. The van der Waals surface area contributed by atoms with Crippen molar-refractivity contribution in [2.45, 2.75) is 0 Å². The number of nitrogens with zero attached hydrogens (tertiary/aromatic N) is 5. The zero-order valence-electron chi connectivity index (χ0n) is 13.6. The van der Waals surface area contributed by atoms with E-state index in [0.717, 1.165) is 0 Å². The monoisotopic (exact) mass is 442 g/mol. The van der Waals surface area contributed by atoms with Gasteiger partial charge in [0.2, 0.25) is 5.28 Å². The SMILES string of the molecule is Cn1ncc(-c2ccc(Nc3nc(Cl)ncc3Br)c(P(C)C)c2F)n1. The summed E-state index contributed by atoms with van der Waals surface area (Å²) in [6, 6.07) is 3.49. The first kappa shape index (κ1) is 18.2. The zero-order chi connectivity index (χ0) is 18.1. The highest BCUT2D eigenvalue weighted by Crippen LogP contribution is 2.35. The molecule has 0 saturated carbocycles. The van der Waals surface area contributed by atoms with Crippen LogP contribution >= 0.6 is 35.5 Å². The second-order valence-corrected chi connectivity index (χ2v) is 8.83. The number of halogens is 3. The number of aromatic nitrogens is 5. The highest BCUT2D eigenvalue weighted by atomic mass is 79.9. The molecule has 10 heteroatoms. The topological polar surface area (TPSA) is 68.5 Å². The van der Waals surface area contributed by atoms with Gasteiger partial charge < -0.3 is 5.32 Å². The van der Waals surface area contributed by atoms with E-state index in [2.05, 4.69) is 41.4 Å². The van der Waals surface area contributed by atoms with E-state index in [1.54, 1.807) is 25.5 Å². The number of aryl methyl sites for hydroxylation is 1. The van der Waals surface area contributed by atoms with Gasteiger partial charge in [-0.25, -0.2) is 9.37 Å². The number of rotatable bonds is 4. The van der Waals surface area contributed by atoms with Gasteiger partial charge in [-0.05, 0) is 53.0 Å². The first-order valence-corrected chi connectivity index (χ1v) is 10.6. The van der Waals surface area contributed by atoms with Crippen LogP contribution in [0.3, 0.4) is 0 Å². The van der Waals surface area contributed by atoms with E-state index >= 15 is 4.39 Å². The van der Waals surface area contributed by atoms with Gasteiger partial charge in [-0.15, -0.1) is 0 Å². The first-order chi connectivity index (χ1) is 11.9. The van der Waals surface area contributed by atoms with Crippen LogP contribution in [0.2, 0.25) is 5.28 Å². The Bertz CT molecular complexity index is 932. The Morgan fingerprint density at radius 2 is 2.04 bits per heavy atom. The van der Waals surface area contributed by atoms with E-state index in [4.69, 9.17) is 11.6 Å². The molecule has 0 unspecified atom stereocenters. The van der Waals surface area contributed by atoms with Crippen LogP contribution in [0.15, 0.2) is 29.0 Å². The van der Waals surface area contributed by atoms with Crippen molar-refractivity contribution in [2.24, 2.45) is 7.05 Å². The van der Waals surface area contributed by atoms with Crippen LogP contribution in [-0.2, 0) is 7.05 Å². The van der Waals surface area contributed by atoms with Crippen molar-refractivity contribution in [1.29, 1.82) is 0 Å². The molecular formula is C15H14BrClFN6P. The zero-order valence-corrected chi connectivity index (χ0v) is 16.9. The van der Waals surface area contributed by atoms with E-state index in [1.165, 1.54) is 4.80 Å². The molecule has 2 aromatic heterocycles. The second-order valence-electron chi connectivity index (χ2n) is 5.40. The first-order valence-electron chi connectivity index (χ1n) is 7.18. The Kier molecular flexibility index (Phi) is 5.32. The van der Waals surface area contributed by atoms with Crippen LogP contribution in [0.4, 0.5) is 15.9 Å². The summed E-state index contributed by atoms with van der Waals surface area (Å²) in [5.74, 6) is 0.169. The summed E-state index contributed by atoms with van der Waals surface area (Å²) in [6.45, 7) is 3.97. The minimum atomic E-state index is -0.735. The maximum atomic E-state index is 15.2. The molecular weight excluding hydrogens is 430 g/mol. The average molecular weight is 444 g/mol. The van der Waals surface area contributed by atoms with Gasteiger partial charge in [0.05, 0.1) is 16.4 Å². The smallest absolute Gasteiger partial charge is 0.224 e. The lowest BCUT2D eigenvalue weighted by Gasteiger charge is -2.17. The average Bonchev–Trinajstić information content (AvgIpc) is 2.97. The van der Waals surface area contributed by atoms with E-state index < -0.39 is 7.92 Å². The Morgan fingerprint density at radius 3 is 2.68 bits per heavy atom. The molecule has 0 radical (unpaired) electrons. The van der Waals surface area contributed by atoms with Crippen molar-refractivity contribution in [3.63, 3.8) is 0 Å². The number of hydrogen-bond acceptors (Lipinski definition) is 5. The fraction of sp³-hybridized carbons (Fsp3) is 0.200. The van der Waals surface area contributed by atoms with Gasteiger partial charge >= 0.3 is 0 Å². The normalized spacial score (nSPS) is 11.2. The minimum absolute atomic E-state index is 0.110. The highest BCUT2D eigenvalue weighted by Gasteiger charge is 2.20. The molecule has 0 bridgehead atoms. The lowest BCUT2D eigenvalue weighted by molar-refractivity contribution is 0.635. The summed E-state index contributed by atoms with van der Waals surface area (Å²) in [5, 5.41) is 12.0. The number of hydrogen-bond donors (Lipinski definition) is 1. The van der Waals surface area contributed by atoms with Crippen LogP contribution in [0.1, 0.15) is 0 Å². The van der Waals surface area contributed by atoms with E-state index in [-0.39, 0.29) is 11.1 Å². The third kappa shape index (κ3) is 3.81. The van der Waals surface area contributed by atoms with Gasteiger partial charge in [-0.1, -0.05) is 7.92 Å². The molecule has 0 spiro atoms. The van der Waals surface area contributed by atoms with Crippen molar-refractivity contribution in [2.75, 3.05) is 18.6 Å². The molecule has 3 rings (SSSR count). The van der Waals surface area contributed by atoms with Gasteiger partial charge in [0.1, 0.15) is 17.3 Å². The Balaban J connectivity index is 2.08. The molecule has 0 aliphatic carbocycles. The predicted molar refractivity (Wildman–Crippen MR) is 103 cm³/mol. The van der Waals surface area contributed by atoms with Crippen molar-refractivity contribution in [3.8, 4) is 11.3 Å². The largest absolute Gasteiger partial charge is 0.339 e. The summed E-state index contributed by atoms with van der Waals surface area (Å²) in [6.07, 6.45) is 3.09. The van der Waals surface area contributed by atoms with Crippen molar-refractivity contribution < 1.29 is 4.39 Å². The highest BCUT2D eigenvalue weighted by molar-refractivity contribution is 9.10. The molecule has 130 valence electrons. The fourth-order valence-electron chi connectivity index (χ4n) is 2.33. The van der Waals surface area contributed by atoms with Crippen LogP contribution in [-0.4, -0.2) is 38.3 Å². The van der Waals surface area contributed by atoms with Crippen LogP contribution in [0.25, 0.3) is 11.3 Å². The van der Waals surface area contributed by atoms with Crippen LogP contribution in [0.5, 0.6) is 0 Å². The van der Waals surface area contributed by atoms with Gasteiger partial charge in [0.15, 0.2) is 0 Å². The minimum Gasteiger partial charge on any atom is -0.339 e. The van der Waals surface area contributed by atoms with Crippen LogP contribution in [0, 0.1) is 5.82 Å². The summed E-state index contributed by atoms with van der Waals surface area (Å²) < 4.78 is 15.8. The number of nitrogens with one attached hydrogen (secondary N) is 1. The quantitative estimate of drug-likeness (QED) is 0.489. The summed E-state index contributed by atoms with van der Waals surface area (Å²) >= 11 is 9.22. The molecule has 0 saturated heterocycles. The molecule has 2 heterocycles. The second kappa shape index (κ2) is 7.32. The predicted octanol–water partition coefficient (Wildman–Crippen LogP) is 3.94. The van der Waals surface area contributed by atoms with Gasteiger partial charge in [-0.2, -0.15) is 20.0 Å². The van der Waals surface area contributed by atoms with Gasteiger partial charge in [0, 0.05) is 24.1 Å². The summed E-state index contributed by atoms with van der Waals surface area (Å²) in [7, 11) is 0.961. The molecule has 0 fully saturated rings. The summed E-state index contributed by atoms with van der Waals surface area (Å²) in [5.41, 5.74) is 1.55. The Labute approximate surface area is 158 Å². The molecule has 0 atom stereocenters. The standard InChI is InChI=1S/C15H14BrClFN6P/c1-24-20-7-11(23-24)8-4-5-10(13(12(8)18)25(2)3)21-14-9(16)6-19-15(17)22-14/h4-7H,1-3H3,(H,19,21,22). The third-order valence-corrected chi connectivity index (χ3v) is 5.50. The molecule has 25 heavy (non-hydrogen) atoms. The number of benzene rings is 1. The van der Waals surface area contributed by atoms with Crippen molar-refractivity contribution in [3.05, 3.63) is 40.1 Å². The molecule has 1 N–H and O–H groups in total. The maximum absolute atomic E-state index is 15.2. The maximum Gasteiger partial charge on any atom is 0.224 e. The molecule has 0 amide bonds. The molecule has 6 nitrogen and oxygen atoms in total. The van der Waals surface area contributed by atoms with Gasteiger partial charge in [0.25, 0.3) is 0 Å². The molecule has 0 aliphatic heterocycles. The van der Waals surface area contributed by atoms with Gasteiger partial charge in [-0.3, -0.25) is 0 Å². The Hall–Kier alpha value is -1.63. The van der Waals surface area contributed by atoms with Crippen molar-refractivity contribution in [1.82, 2.24) is 25.0 Å². The van der Waals surface area contributed by atoms with Crippen molar-refractivity contribution >= 4 is 52.3 Å². The molecule has 1 aromatic carbocycles. The molecule has 3 aromatic rings. The third-order valence-electron chi connectivity index (χ3n) is 3.41. The van der Waals surface area contributed by atoms with E-state index in [0.29, 0.717) is 32.5 Å². The lowest BCUT2D eigenvalue weighted by Crippen LogP contribution is -2.14. The van der Waals surface area contributed by atoms with E-state index in [9.17, 15) is 0 Å². The van der Waals surface area contributed by atoms with E-state index in [1.807, 2.05) is 19.4 Å².